The lowest BCUT2D eigenvalue weighted by Crippen LogP contribution is -2.35. The Hall–Kier alpha value is -0.900. The third-order valence-electron chi connectivity index (χ3n) is 3.15. The molecule has 1 fully saturated rings. The lowest BCUT2D eigenvalue weighted by molar-refractivity contribution is 0.354. The molecule has 1 saturated carbocycles. The fraction of sp³-hybridized carbons (Fsp3) is 0.818. The first-order chi connectivity index (χ1) is 7.18. The van der Waals surface area contributed by atoms with Gasteiger partial charge >= 0.3 is 0 Å². The summed E-state index contributed by atoms with van der Waals surface area (Å²) in [5, 5.41) is 11.6. The molecule has 1 aliphatic carbocycles. The van der Waals surface area contributed by atoms with E-state index in [1.54, 1.807) is 6.33 Å². The number of aromatic nitrogens is 3. The summed E-state index contributed by atoms with van der Waals surface area (Å²) in [6.07, 6.45) is 4.52. The SMILES string of the molecule is CC(C)C(NCc1nncn1C)C1CC1. The van der Waals surface area contributed by atoms with Gasteiger partial charge in [-0.2, -0.15) is 0 Å². The first-order valence-electron chi connectivity index (χ1n) is 5.74. The Balaban J connectivity index is 1.88. The number of aryl methyl sites for hydroxylation is 1. The molecule has 0 saturated heterocycles. The van der Waals surface area contributed by atoms with Gasteiger partial charge in [-0.3, -0.25) is 0 Å². The lowest BCUT2D eigenvalue weighted by Gasteiger charge is -2.21. The second-order valence-electron chi connectivity index (χ2n) is 4.85. The third kappa shape index (κ3) is 2.56. The predicted molar refractivity (Wildman–Crippen MR) is 59.2 cm³/mol. The molecule has 0 aromatic carbocycles. The van der Waals surface area contributed by atoms with Crippen molar-refractivity contribution in [2.24, 2.45) is 18.9 Å². The van der Waals surface area contributed by atoms with Crippen molar-refractivity contribution in [3.8, 4) is 0 Å². The predicted octanol–water partition coefficient (Wildman–Crippen LogP) is 1.34. The highest BCUT2D eigenvalue weighted by atomic mass is 15.3. The molecule has 1 aliphatic rings. The molecule has 0 aliphatic heterocycles. The first kappa shape index (κ1) is 10.6. The van der Waals surface area contributed by atoms with Gasteiger partial charge in [-0.15, -0.1) is 10.2 Å². The highest BCUT2D eigenvalue weighted by molar-refractivity contribution is 4.91. The van der Waals surface area contributed by atoms with Crippen molar-refractivity contribution >= 4 is 0 Å². The molecular formula is C11H20N4. The maximum absolute atomic E-state index is 4.08. The number of rotatable bonds is 5. The zero-order chi connectivity index (χ0) is 10.8. The van der Waals surface area contributed by atoms with E-state index in [-0.39, 0.29) is 0 Å². The Kier molecular flexibility index (Phi) is 3.05. The molecule has 0 radical (unpaired) electrons. The van der Waals surface area contributed by atoms with Crippen LogP contribution < -0.4 is 5.32 Å². The van der Waals surface area contributed by atoms with Crippen molar-refractivity contribution in [1.29, 1.82) is 0 Å². The highest BCUT2D eigenvalue weighted by Crippen LogP contribution is 2.35. The van der Waals surface area contributed by atoms with E-state index in [2.05, 4.69) is 29.4 Å². The van der Waals surface area contributed by atoms with Crippen LogP contribution in [0, 0.1) is 11.8 Å². The lowest BCUT2D eigenvalue weighted by atomic mass is 10.00. The topological polar surface area (TPSA) is 42.7 Å². The number of nitrogens with zero attached hydrogens (tertiary/aromatic N) is 3. The van der Waals surface area contributed by atoms with Crippen LogP contribution in [0.2, 0.25) is 0 Å². The van der Waals surface area contributed by atoms with Gasteiger partial charge in [0.1, 0.15) is 12.2 Å². The van der Waals surface area contributed by atoms with E-state index in [9.17, 15) is 0 Å². The van der Waals surface area contributed by atoms with Crippen LogP contribution >= 0.6 is 0 Å². The number of hydrogen-bond donors (Lipinski definition) is 1. The molecule has 0 bridgehead atoms. The van der Waals surface area contributed by atoms with Crippen molar-refractivity contribution in [3.05, 3.63) is 12.2 Å². The van der Waals surface area contributed by atoms with E-state index < -0.39 is 0 Å². The van der Waals surface area contributed by atoms with Crippen LogP contribution in [0.1, 0.15) is 32.5 Å². The van der Waals surface area contributed by atoms with E-state index in [0.29, 0.717) is 12.0 Å². The average Bonchev–Trinajstić information content (AvgIpc) is 2.92. The Morgan fingerprint density at radius 1 is 1.53 bits per heavy atom. The van der Waals surface area contributed by atoms with Crippen LogP contribution in [-0.2, 0) is 13.6 Å². The maximum atomic E-state index is 4.08. The van der Waals surface area contributed by atoms with E-state index >= 15 is 0 Å². The van der Waals surface area contributed by atoms with Crippen molar-refractivity contribution < 1.29 is 0 Å². The standard InChI is InChI=1S/C11H20N4/c1-8(2)11(9-4-5-9)12-6-10-14-13-7-15(10)3/h7-9,11-12H,4-6H2,1-3H3. The molecule has 4 heteroatoms. The van der Waals surface area contributed by atoms with Gasteiger partial charge in [0.25, 0.3) is 0 Å². The zero-order valence-electron chi connectivity index (χ0n) is 9.77. The van der Waals surface area contributed by atoms with Gasteiger partial charge in [0.05, 0.1) is 6.54 Å². The summed E-state index contributed by atoms with van der Waals surface area (Å²) in [5.41, 5.74) is 0. The second kappa shape index (κ2) is 4.31. The summed E-state index contributed by atoms with van der Waals surface area (Å²) in [4.78, 5) is 0. The molecule has 0 spiro atoms. The van der Waals surface area contributed by atoms with Gasteiger partial charge in [-0.1, -0.05) is 13.8 Å². The van der Waals surface area contributed by atoms with E-state index in [1.165, 1.54) is 12.8 Å². The maximum Gasteiger partial charge on any atom is 0.146 e. The van der Waals surface area contributed by atoms with Crippen LogP contribution in [0.3, 0.4) is 0 Å². The van der Waals surface area contributed by atoms with Crippen molar-refractivity contribution in [2.45, 2.75) is 39.3 Å². The summed E-state index contributed by atoms with van der Waals surface area (Å²) < 4.78 is 1.97. The fourth-order valence-electron chi connectivity index (χ4n) is 2.08. The van der Waals surface area contributed by atoms with Crippen LogP contribution in [0.5, 0.6) is 0 Å². The molecule has 2 rings (SSSR count). The average molecular weight is 208 g/mol. The smallest absolute Gasteiger partial charge is 0.146 e. The van der Waals surface area contributed by atoms with E-state index in [4.69, 9.17) is 0 Å². The Morgan fingerprint density at radius 3 is 2.73 bits per heavy atom. The second-order valence-corrected chi connectivity index (χ2v) is 4.85. The molecule has 15 heavy (non-hydrogen) atoms. The molecule has 1 aromatic rings. The summed E-state index contributed by atoms with van der Waals surface area (Å²) >= 11 is 0. The summed E-state index contributed by atoms with van der Waals surface area (Å²) in [5.74, 6) is 2.60. The Bertz CT molecular complexity index is 312. The molecule has 1 unspecified atom stereocenters. The zero-order valence-corrected chi connectivity index (χ0v) is 9.77. The molecule has 1 N–H and O–H groups in total. The highest BCUT2D eigenvalue weighted by Gasteiger charge is 2.32. The van der Waals surface area contributed by atoms with Crippen LogP contribution in [0.25, 0.3) is 0 Å². The largest absolute Gasteiger partial charge is 0.320 e. The van der Waals surface area contributed by atoms with Gasteiger partial charge in [0.15, 0.2) is 0 Å². The van der Waals surface area contributed by atoms with Gasteiger partial charge < -0.3 is 9.88 Å². The van der Waals surface area contributed by atoms with Gasteiger partial charge in [0, 0.05) is 13.1 Å². The summed E-state index contributed by atoms with van der Waals surface area (Å²) in [7, 11) is 1.98. The molecule has 1 aromatic heterocycles. The van der Waals surface area contributed by atoms with Crippen molar-refractivity contribution in [1.82, 2.24) is 20.1 Å². The molecular weight excluding hydrogens is 188 g/mol. The fourth-order valence-corrected chi connectivity index (χ4v) is 2.08. The molecule has 4 nitrogen and oxygen atoms in total. The van der Waals surface area contributed by atoms with Gasteiger partial charge in [-0.25, -0.2) is 0 Å². The van der Waals surface area contributed by atoms with Crippen molar-refractivity contribution in [3.63, 3.8) is 0 Å². The molecule has 1 heterocycles. The van der Waals surface area contributed by atoms with Crippen LogP contribution in [0.4, 0.5) is 0 Å². The normalized spacial score (nSPS) is 18.4. The Labute approximate surface area is 91.1 Å². The monoisotopic (exact) mass is 208 g/mol. The van der Waals surface area contributed by atoms with E-state index in [0.717, 1.165) is 18.3 Å². The minimum atomic E-state index is 0.640. The minimum absolute atomic E-state index is 0.640. The molecule has 1 atom stereocenters. The minimum Gasteiger partial charge on any atom is -0.320 e. The molecule has 0 amide bonds. The number of nitrogens with one attached hydrogen (secondary N) is 1. The Morgan fingerprint density at radius 2 is 2.27 bits per heavy atom. The van der Waals surface area contributed by atoms with Crippen LogP contribution in [-0.4, -0.2) is 20.8 Å². The van der Waals surface area contributed by atoms with Gasteiger partial charge in [-0.05, 0) is 24.7 Å². The van der Waals surface area contributed by atoms with E-state index in [1.807, 2.05) is 11.6 Å². The third-order valence-corrected chi connectivity index (χ3v) is 3.15. The summed E-state index contributed by atoms with van der Waals surface area (Å²) in [6, 6.07) is 0.640. The summed E-state index contributed by atoms with van der Waals surface area (Å²) in [6.45, 7) is 5.40. The van der Waals surface area contributed by atoms with Crippen LogP contribution in [0.15, 0.2) is 6.33 Å². The number of hydrogen-bond acceptors (Lipinski definition) is 3. The van der Waals surface area contributed by atoms with Crippen molar-refractivity contribution in [2.75, 3.05) is 0 Å². The first-order valence-corrected chi connectivity index (χ1v) is 5.74. The quantitative estimate of drug-likeness (QED) is 0.794. The molecule has 84 valence electrons. The van der Waals surface area contributed by atoms with Gasteiger partial charge in [0.2, 0.25) is 0 Å².